The summed E-state index contributed by atoms with van der Waals surface area (Å²) in [4.78, 5) is 0. The van der Waals surface area contributed by atoms with Crippen LogP contribution in [0.5, 0.6) is 0 Å². The van der Waals surface area contributed by atoms with Gasteiger partial charge in [0.1, 0.15) is 0 Å². The molecule has 3 aromatic carbocycles. The number of allylic oxidation sites excluding steroid dienone is 2. The maximum atomic E-state index is 2.32. The summed E-state index contributed by atoms with van der Waals surface area (Å²) in [5, 5.41) is 0. The highest BCUT2D eigenvalue weighted by molar-refractivity contribution is 5.95. The molecule has 0 heterocycles. The van der Waals surface area contributed by atoms with Crippen molar-refractivity contribution in [3.63, 3.8) is 0 Å². The summed E-state index contributed by atoms with van der Waals surface area (Å²) >= 11 is 0. The predicted octanol–water partition coefficient (Wildman–Crippen LogP) is 6.43. The van der Waals surface area contributed by atoms with Crippen LogP contribution in [0.25, 0.3) is 5.57 Å². The van der Waals surface area contributed by atoms with Gasteiger partial charge in [0.15, 0.2) is 0 Å². The van der Waals surface area contributed by atoms with Gasteiger partial charge < -0.3 is 0 Å². The first-order valence-corrected chi connectivity index (χ1v) is 9.19. The molecule has 0 aromatic heterocycles. The average Bonchev–Trinajstić information content (AvgIpc) is 3.29. The Labute approximate surface area is 150 Å². The largest absolute Gasteiger partial charge is 0.0622 e. The van der Waals surface area contributed by atoms with E-state index in [4.69, 9.17) is 0 Å². The molecule has 1 unspecified atom stereocenters. The van der Waals surface area contributed by atoms with Crippen LogP contribution in [0.15, 0.2) is 96.6 Å². The first-order chi connectivity index (χ1) is 12.3. The van der Waals surface area contributed by atoms with Gasteiger partial charge in [0, 0.05) is 5.41 Å². The molecule has 0 saturated heterocycles. The van der Waals surface area contributed by atoms with Crippen molar-refractivity contribution in [1.29, 1.82) is 0 Å². The minimum absolute atomic E-state index is 0.136. The summed E-state index contributed by atoms with van der Waals surface area (Å²) in [5.41, 5.74) is 7.47. The summed E-state index contributed by atoms with van der Waals surface area (Å²) in [6, 6.07) is 32.8. The van der Waals surface area contributed by atoms with Gasteiger partial charge in [0.2, 0.25) is 0 Å². The monoisotopic (exact) mass is 324 g/mol. The van der Waals surface area contributed by atoms with E-state index in [1.165, 1.54) is 40.7 Å². The van der Waals surface area contributed by atoms with Crippen LogP contribution in [0.4, 0.5) is 0 Å². The maximum absolute atomic E-state index is 2.32. The molecule has 0 N–H and O–H groups in total. The van der Waals surface area contributed by atoms with Crippen LogP contribution in [0, 0.1) is 0 Å². The Kier molecular flexibility index (Phi) is 4.28. The predicted molar refractivity (Wildman–Crippen MR) is 107 cm³/mol. The van der Waals surface area contributed by atoms with E-state index in [-0.39, 0.29) is 5.41 Å². The van der Waals surface area contributed by atoms with Gasteiger partial charge in [-0.2, -0.15) is 0 Å². The van der Waals surface area contributed by atoms with Gasteiger partial charge in [0.25, 0.3) is 0 Å². The lowest BCUT2D eigenvalue weighted by molar-refractivity contribution is 0.617. The van der Waals surface area contributed by atoms with Crippen molar-refractivity contribution in [3.05, 3.63) is 113 Å². The van der Waals surface area contributed by atoms with Gasteiger partial charge in [0.05, 0.1) is 0 Å². The molecule has 0 radical (unpaired) electrons. The molecular formula is C25H24. The Hall–Kier alpha value is -2.60. The van der Waals surface area contributed by atoms with Crippen LogP contribution < -0.4 is 0 Å². The molecule has 1 atom stereocenters. The maximum Gasteiger partial charge on any atom is 0.0420 e. The molecule has 4 rings (SSSR count). The molecule has 0 bridgehead atoms. The van der Waals surface area contributed by atoms with E-state index in [0.717, 1.165) is 6.42 Å². The van der Waals surface area contributed by atoms with Crippen molar-refractivity contribution in [2.24, 2.45) is 0 Å². The number of aryl methyl sites for hydroxylation is 1. The van der Waals surface area contributed by atoms with E-state index in [1.54, 1.807) is 0 Å². The minimum atomic E-state index is 0.136. The lowest BCUT2D eigenvalue weighted by atomic mass is 9.81. The second kappa shape index (κ2) is 6.72. The van der Waals surface area contributed by atoms with E-state index in [9.17, 15) is 0 Å². The Balaban J connectivity index is 1.59. The molecule has 0 saturated carbocycles. The van der Waals surface area contributed by atoms with Crippen molar-refractivity contribution in [1.82, 2.24) is 0 Å². The third-order valence-electron chi connectivity index (χ3n) is 5.57. The number of hydrogen-bond donors (Lipinski definition) is 0. The summed E-state index contributed by atoms with van der Waals surface area (Å²) in [7, 11) is 0. The fourth-order valence-electron chi connectivity index (χ4n) is 4.27. The van der Waals surface area contributed by atoms with Crippen molar-refractivity contribution < 1.29 is 0 Å². The van der Waals surface area contributed by atoms with Crippen molar-refractivity contribution >= 4 is 5.57 Å². The van der Waals surface area contributed by atoms with Crippen molar-refractivity contribution in [2.45, 2.75) is 31.6 Å². The van der Waals surface area contributed by atoms with Crippen LogP contribution in [-0.2, 0) is 11.8 Å². The molecule has 1 aliphatic rings. The zero-order valence-corrected chi connectivity index (χ0v) is 14.8. The first-order valence-electron chi connectivity index (χ1n) is 9.19. The van der Waals surface area contributed by atoms with Crippen LogP contribution in [-0.4, -0.2) is 0 Å². The van der Waals surface area contributed by atoms with Crippen LogP contribution in [0.1, 0.15) is 36.5 Å². The molecule has 0 heteroatoms. The normalized spacial score (nSPS) is 19.1. The summed E-state index contributed by atoms with van der Waals surface area (Å²) in [5.74, 6) is 0. The van der Waals surface area contributed by atoms with E-state index in [1.807, 2.05) is 0 Å². The van der Waals surface area contributed by atoms with Crippen LogP contribution in [0.3, 0.4) is 0 Å². The third kappa shape index (κ3) is 2.93. The molecule has 3 aromatic rings. The van der Waals surface area contributed by atoms with Gasteiger partial charge >= 0.3 is 0 Å². The Morgan fingerprint density at radius 1 is 0.680 bits per heavy atom. The molecule has 0 aliphatic heterocycles. The molecule has 0 nitrogen and oxygen atoms in total. The Bertz CT molecular complexity index is 860. The topological polar surface area (TPSA) is 0 Å². The van der Waals surface area contributed by atoms with Gasteiger partial charge in [-0.15, -0.1) is 0 Å². The fourth-order valence-corrected chi connectivity index (χ4v) is 4.27. The molecule has 124 valence electrons. The Morgan fingerprint density at radius 3 is 1.88 bits per heavy atom. The molecule has 0 amide bonds. The highest BCUT2D eigenvalue weighted by Crippen LogP contribution is 2.62. The third-order valence-corrected chi connectivity index (χ3v) is 5.57. The SMILES string of the molecule is CC1=C(c2ccccc2)C1(CCCc1ccccc1)c1ccccc1. The van der Waals surface area contributed by atoms with Gasteiger partial charge in [-0.25, -0.2) is 0 Å². The highest BCUT2D eigenvalue weighted by Gasteiger charge is 2.51. The molecular weight excluding hydrogens is 300 g/mol. The van der Waals surface area contributed by atoms with Gasteiger partial charge in [-0.1, -0.05) is 96.6 Å². The molecule has 25 heavy (non-hydrogen) atoms. The van der Waals surface area contributed by atoms with Crippen molar-refractivity contribution in [3.8, 4) is 0 Å². The lowest BCUT2D eigenvalue weighted by Gasteiger charge is -2.21. The van der Waals surface area contributed by atoms with Gasteiger partial charge in [-0.05, 0) is 48.4 Å². The summed E-state index contributed by atoms with van der Waals surface area (Å²) in [6.45, 7) is 2.32. The summed E-state index contributed by atoms with van der Waals surface area (Å²) in [6.07, 6.45) is 3.53. The van der Waals surface area contributed by atoms with Gasteiger partial charge in [-0.3, -0.25) is 0 Å². The fraction of sp³-hybridized carbons (Fsp3) is 0.200. The van der Waals surface area contributed by atoms with Crippen molar-refractivity contribution in [2.75, 3.05) is 0 Å². The highest BCUT2D eigenvalue weighted by atomic mass is 14.5. The number of benzene rings is 3. The average molecular weight is 324 g/mol. The first kappa shape index (κ1) is 15.9. The van der Waals surface area contributed by atoms with E-state index in [0.29, 0.717) is 0 Å². The van der Waals surface area contributed by atoms with E-state index < -0.39 is 0 Å². The van der Waals surface area contributed by atoms with Crippen LogP contribution >= 0.6 is 0 Å². The second-order valence-corrected chi connectivity index (χ2v) is 6.98. The molecule has 1 aliphatic carbocycles. The lowest BCUT2D eigenvalue weighted by Crippen LogP contribution is -2.13. The van der Waals surface area contributed by atoms with E-state index in [2.05, 4.69) is 97.9 Å². The number of rotatable bonds is 6. The Morgan fingerprint density at radius 2 is 1.24 bits per heavy atom. The number of hydrogen-bond acceptors (Lipinski definition) is 0. The molecule has 0 spiro atoms. The zero-order chi connectivity index (χ0) is 17.1. The summed E-state index contributed by atoms with van der Waals surface area (Å²) < 4.78 is 0. The quantitative estimate of drug-likeness (QED) is 0.490. The standard InChI is InChI=1S/C25H24/c1-20-24(22-15-7-3-8-16-22)25(20,23-17-9-4-10-18-23)19-11-14-21-12-5-2-6-13-21/h2-10,12-13,15-18H,11,14,19H2,1H3. The molecule has 0 fully saturated rings. The smallest absolute Gasteiger partial charge is 0.0420 e. The zero-order valence-electron chi connectivity index (χ0n) is 14.8. The van der Waals surface area contributed by atoms with E-state index >= 15 is 0 Å². The van der Waals surface area contributed by atoms with Crippen LogP contribution in [0.2, 0.25) is 0 Å². The second-order valence-electron chi connectivity index (χ2n) is 6.98. The minimum Gasteiger partial charge on any atom is -0.0622 e.